The number of carbonyl (C=O) groups is 1. The summed E-state index contributed by atoms with van der Waals surface area (Å²) in [5.41, 5.74) is 0.216. The zero-order valence-corrected chi connectivity index (χ0v) is 8.59. The van der Waals surface area contributed by atoms with Gasteiger partial charge in [0.2, 0.25) is 0 Å². The van der Waals surface area contributed by atoms with E-state index in [0.717, 1.165) is 6.42 Å². The highest BCUT2D eigenvalue weighted by Gasteiger charge is 2.13. The van der Waals surface area contributed by atoms with Gasteiger partial charge in [0, 0.05) is 6.42 Å². The second-order valence-electron chi connectivity index (χ2n) is 3.62. The fourth-order valence-corrected chi connectivity index (χ4v) is 1.26. The topological polar surface area (TPSA) is 17.1 Å². The van der Waals surface area contributed by atoms with E-state index in [2.05, 4.69) is 0 Å². The van der Waals surface area contributed by atoms with E-state index in [0.29, 0.717) is 12.3 Å². The van der Waals surface area contributed by atoms with E-state index in [4.69, 9.17) is 0 Å². The van der Waals surface area contributed by atoms with Gasteiger partial charge in [0.05, 0.1) is 5.56 Å². The Morgan fingerprint density at radius 3 is 2.64 bits per heavy atom. The summed E-state index contributed by atoms with van der Waals surface area (Å²) in [7, 11) is 0. The molecule has 0 saturated heterocycles. The Morgan fingerprint density at radius 1 is 1.43 bits per heavy atom. The summed E-state index contributed by atoms with van der Waals surface area (Å²) in [6.07, 6.45) is 1.37. The molecule has 1 aromatic rings. The van der Waals surface area contributed by atoms with Crippen molar-refractivity contribution >= 4 is 5.78 Å². The molecule has 0 heterocycles. The van der Waals surface area contributed by atoms with Gasteiger partial charge in [-0.15, -0.1) is 0 Å². The van der Waals surface area contributed by atoms with Crippen LogP contribution in [0.15, 0.2) is 24.3 Å². The maximum absolute atomic E-state index is 13.2. The number of rotatable bonds is 4. The fourth-order valence-electron chi connectivity index (χ4n) is 1.26. The average molecular weight is 194 g/mol. The minimum Gasteiger partial charge on any atom is -0.294 e. The molecular weight excluding hydrogens is 179 g/mol. The van der Waals surface area contributed by atoms with Gasteiger partial charge in [-0.2, -0.15) is 0 Å². The summed E-state index contributed by atoms with van der Waals surface area (Å²) in [6, 6.07) is 6.15. The molecule has 2 heteroatoms. The minimum atomic E-state index is -0.416. The Balaban J connectivity index is 2.75. The third kappa shape index (κ3) is 2.66. The molecule has 0 aliphatic rings. The molecule has 0 amide bonds. The molecule has 0 bridgehead atoms. The fraction of sp³-hybridized carbons (Fsp3) is 0.417. The molecule has 0 spiro atoms. The van der Waals surface area contributed by atoms with Crippen molar-refractivity contribution in [3.63, 3.8) is 0 Å². The summed E-state index contributed by atoms with van der Waals surface area (Å²) in [4.78, 5) is 11.6. The molecule has 1 rings (SSSR count). The number of halogens is 1. The van der Waals surface area contributed by atoms with E-state index in [1.54, 1.807) is 18.2 Å². The monoisotopic (exact) mass is 194 g/mol. The molecule has 14 heavy (non-hydrogen) atoms. The first-order valence-corrected chi connectivity index (χ1v) is 4.92. The van der Waals surface area contributed by atoms with Crippen LogP contribution in [0.5, 0.6) is 0 Å². The van der Waals surface area contributed by atoms with E-state index in [9.17, 15) is 9.18 Å². The minimum absolute atomic E-state index is 0.0996. The Hall–Kier alpha value is -1.18. The van der Waals surface area contributed by atoms with Crippen molar-refractivity contribution < 1.29 is 9.18 Å². The van der Waals surface area contributed by atoms with Crippen LogP contribution >= 0.6 is 0 Å². The lowest BCUT2D eigenvalue weighted by molar-refractivity contribution is 0.0960. The third-order valence-corrected chi connectivity index (χ3v) is 2.41. The molecular formula is C12H15FO. The van der Waals surface area contributed by atoms with E-state index >= 15 is 0 Å². The van der Waals surface area contributed by atoms with Crippen molar-refractivity contribution in [3.8, 4) is 0 Å². The summed E-state index contributed by atoms with van der Waals surface area (Å²) >= 11 is 0. The van der Waals surface area contributed by atoms with Crippen LogP contribution < -0.4 is 0 Å². The van der Waals surface area contributed by atoms with Crippen LogP contribution in [-0.4, -0.2) is 5.78 Å². The Labute approximate surface area is 83.9 Å². The lowest BCUT2D eigenvalue weighted by Crippen LogP contribution is -2.07. The zero-order valence-electron chi connectivity index (χ0n) is 8.59. The van der Waals surface area contributed by atoms with Gasteiger partial charge in [0.25, 0.3) is 0 Å². The van der Waals surface area contributed by atoms with E-state index in [1.165, 1.54) is 6.07 Å². The van der Waals surface area contributed by atoms with Crippen molar-refractivity contribution in [2.24, 2.45) is 5.92 Å². The van der Waals surface area contributed by atoms with Crippen molar-refractivity contribution in [1.82, 2.24) is 0 Å². The highest BCUT2D eigenvalue weighted by atomic mass is 19.1. The van der Waals surface area contributed by atoms with Crippen LogP contribution in [0.4, 0.5) is 4.39 Å². The number of carbonyl (C=O) groups excluding carboxylic acids is 1. The summed E-state index contributed by atoms with van der Waals surface area (Å²) in [5, 5.41) is 0. The largest absolute Gasteiger partial charge is 0.294 e. The smallest absolute Gasteiger partial charge is 0.166 e. The maximum atomic E-state index is 13.2. The first kappa shape index (κ1) is 10.9. The number of Topliss-reactive ketones (excluding diaryl/α,β-unsaturated/α-hetero) is 1. The van der Waals surface area contributed by atoms with Crippen molar-refractivity contribution in [2.75, 3.05) is 0 Å². The number of ketones is 1. The number of benzene rings is 1. The van der Waals surface area contributed by atoms with E-state index < -0.39 is 5.82 Å². The quantitative estimate of drug-likeness (QED) is 0.671. The standard InChI is InChI=1S/C12H15FO/c1-3-9(2)8-12(14)10-6-4-5-7-11(10)13/h4-7,9H,3,8H2,1-2H3. The van der Waals surface area contributed by atoms with Crippen molar-refractivity contribution in [1.29, 1.82) is 0 Å². The molecule has 0 aliphatic carbocycles. The second-order valence-corrected chi connectivity index (χ2v) is 3.62. The van der Waals surface area contributed by atoms with Crippen LogP contribution in [-0.2, 0) is 0 Å². The Bertz CT molecular complexity index is 320. The highest BCUT2D eigenvalue weighted by molar-refractivity contribution is 5.96. The van der Waals surface area contributed by atoms with Crippen LogP contribution in [0.25, 0.3) is 0 Å². The molecule has 1 unspecified atom stereocenters. The normalized spacial score (nSPS) is 12.5. The van der Waals surface area contributed by atoms with Gasteiger partial charge in [0.1, 0.15) is 5.82 Å². The molecule has 76 valence electrons. The van der Waals surface area contributed by atoms with Crippen LogP contribution in [0.1, 0.15) is 37.0 Å². The van der Waals surface area contributed by atoms with Crippen molar-refractivity contribution in [2.45, 2.75) is 26.7 Å². The predicted molar refractivity (Wildman–Crippen MR) is 54.8 cm³/mol. The Morgan fingerprint density at radius 2 is 2.07 bits per heavy atom. The lowest BCUT2D eigenvalue weighted by atomic mass is 9.98. The zero-order chi connectivity index (χ0) is 10.6. The maximum Gasteiger partial charge on any atom is 0.166 e. The van der Waals surface area contributed by atoms with Gasteiger partial charge >= 0.3 is 0 Å². The molecule has 0 aliphatic heterocycles. The Kier molecular flexibility index (Phi) is 3.81. The van der Waals surface area contributed by atoms with Crippen LogP contribution in [0, 0.1) is 11.7 Å². The molecule has 0 fully saturated rings. The lowest BCUT2D eigenvalue weighted by Gasteiger charge is -2.07. The highest BCUT2D eigenvalue weighted by Crippen LogP contribution is 2.14. The first-order chi connectivity index (χ1) is 6.65. The van der Waals surface area contributed by atoms with Gasteiger partial charge in [-0.05, 0) is 18.1 Å². The van der Waals surface area contributed by atoms with E-state index in [-0.39, 0.29) is 11.3 Å². The van der Waals surface area contributed by atoms with Gasteiger partial charge in [0.15, 0.2) is 5.78 Å². The van der Waals surface area contributed by atoms with Crippen LogP contribution in [0.2, 0.25) is 0 Å². The van der Waals surface area contributed by atoms with E-state index in [1.807, 2.05) is 13.8 Å². The predicted octanol–water partition coefficient (Wildman–Crippen LogP) is 3.44. The van der Waals surface area contributed by atoms with Gasteiger partial charge in [-0.25, -0.2) is 4.39 Å². The van der Waals surface area contributed by atoms with Crippen LogP contribution in [0.3, 0.4) is 0 Å². The molecule has 0 N–H and O–H groups in total. The second kappa shape index (κ2) is 4.89. The SMILES string of the molecule is CCC(C)CC(=O)c1ccccc1F. The van der Waals surface area contributed by atoms with Gasteiger partial charge in [-0.1, -0.05) is 32.4 Å². The van der Waals surface area contributed by atoms with Gasteiger partial charge < -0.3 is 0 Å². The number of hydrogen-bond acceptors (Lipinski definition) is 1. The third-order valence-electron chi connectivity index (χ3n) is 2.41. The summed E-state index contributed by atoms with van der Waals surface area (Å²) in [5.74, 6) is -0.194. The van der Waals surface area contributed by atoms with Crippen molar-refractivity contribution in [3.05, 3.63) is 35.6 Å². The average Bonchev–Trinajstić information content (AvgIpc) is 2.18. The molecule has 0 radical (unpaired) electrons. The number of hydrogen-bond donors (Lipinski definition) is 0. The molecule has 0 saturated carbocycles. The molecule has 1 atom stereocenters. The molecule has 1 nitrogen and oxygen atoms in total. The summed E-state index contributed by atoms with van der Waals surface area (Å²) in [6.45, 7) is 4.03. The molecule has 1 aromatic carbocycles. The molecule has 0 aromatic heterocycles. The summed E-state index contributed by atoms with van der Waals surface area (Å²) < 4.78 is 13.2. The van der Waals surface area contributed by atoms with Gasteiger partial charge in [-0.3, -0.25) is 4.79 Å². The first-order valence-electron chi connectivity index (χ1n) is 4.92.